The summed E-state index contributed by atoms with van der Waals surface area (Å²) in [5.74, 6) is 2.55. The SMILES string of the molecule is CCCCCCC(F)COc1ccc(CCC2CCC(CCCCC)CC2)nc1. The minimum absolute atomic E-state index is 0.147. The van der Waals surface area contributed by atoms with Crippen molar-refractivity contribution in [3.8, 4) is 5.75 Å². The molecule has 0 radical (unpaired) electrons. The summed E-state index contributed by atoms with van der Waals surface area (Å²) in [4.78, 5) is 4.54. The molecular weight excluding hydrogens is 361 g/mol. The van der Waals surface area contributed by atoms with Crippen molar-refractivity contribution in [2.45, 2.75) is 116 Å². The van der Waals surface area contributed by atoms with Crippen LogP contribution in [0.15, 0.2) is 18.3 Å². The zero-order valence-electron chi connectivity index (χ0n) is 19.0. The van der Waals surface area contributed by atoms with Gasteiger partial charge in [-0.15, -0.1) is 0 Å². The van der Waals surface area contributed by atoms with Crippen molar-refractivity contribution in [3.05, 3.63) is 24.0 Å². The summed E-state index contributed by atoms with van der Waals surface area (Å²) in [6.07, 6.45) is 19.5. The lowest BCUT2D eigenvalue weighted by atomic mass is 9.78. The average Bonchev–Trinajstić information content (AvgIpc) is 2.75. The Morgan fingerprint density at radius 3 is 2.28 bits per heavy atom. The van der Waals surface area contributed by atoms with Gasteiger partial charge < -0.3 is 4.74 Å². The fraction of sp³-hybridized carbons (Fsp3) is 0.808. The number of pyridine rings is 1. The summed E-state index contributed by atoms with van der Waals surface area (Å²) < 4.78 is 19.5. The number of alkyl halides is 1. The lowest BCUT2D eigenvalue weighted by Crippen LogP contribution is -2.15. The molecule has 1 aliphatic rings. The van der Waals surface area contributed by atoms with Crippen molar-refractivity contribution in [1.29, 1.82) is 0 Å². The number of unbranched alkanes of at least 4 members (excludes halogenated alkanes) is 5. The summed E-state index contributed by atoms with van der Waals surface area (Å²) in [5, 5.41) is 0. The van der Waals surface area contributed by atoms with Crippen molar-refractivity contribution in [1.82, 2.24) is 4.98 Å². The van der Waals surface area contributed by atoms with Gasteiger partial charge in [-0.05, 0) is 43.2 Å². The van der Waals surface area contributed by atoms with Gasteiger partial charge >= 0.3 is 0 Å². The molecule has 166 valence electrons. The fourth-order valence-electron chi connectivity index (χ4n) is 4.55. The van der Waals surface area contributed by atoms with Crippen LogP contribution in [0.1, 0.15) is 109 Å². The highest BCUT2D eigenvalue weighted by atomic mass is 19.1. The van der Waals surface area contributed by atoms with E-state index in [1.807, 2.05) is 6.07 Å². The largest absolute Gasteiger partial charge is 0.489 e. The number of hydrogen-bond acceptors (Lipinski definition) is 2. The number of aryl methyl sites for hydroxylation is 1. The van der Waals surface area contributed by atoms with Gasteiger partial charge in [-0.1, -0.05) is 90.9 Å². The van der Waals surface area contributed by atoms with Gasteiger partial charge in [0.15, 0.2) is 0 Å². The van der Waals surface area contributed by atoms with Crippen LogP contribution in [0.2, 0.25) is 0 Å². The van der Waals surface area contributed by atoms with Gasteiger partial charge in [0, 0.05) is 5.69 Å². The van der Waals surface area contributed by atoms with Crippen molar-refractivity contribution >= 4 is 0 Å². The molecule has 0 bridgehead atoms. The number of nitrogens with zero attached hydrogens (tertiary/aromatic N) is 1. The molecule has 2 rings (SSSR count). The molecule has 0 amide bonds. The van der Waals surface area contributed by atoms with E-state index in [2.05, 4.69) is 24.9 Å². The number of rotatable bonds is 15. The highest BCUT2D eigenvalue weighted by molar-refractivity contribution is 5.20. The van der Waals surface area contributed by atoms with Crippen LogP contribution < -0.4 is 4.74 Å². The number of hydrogen-bond donors (Lipinski definition) is 0. The highest BCUT2D eigenvalue weighted by Crippen LogP contribution is 2.34. The summed E-state index contributed by atoms with van der Waals surface area (Å²) in [6, 6.07) is 4.01. The first kappa shape index (κ1) is 24.2. The van der Waals surface area contributed by atoms with Crippen LogP contribution in [0.4, 0.5) is 4.39 Å². The maximum absolute atomic E-state index is 13.9. The van der Waals surface area contributed by atoms with Gasteiger partial charge in [-0.3, -0.25) is 4.98 Å². The minimum Gasteiger partial charge on any atom is -0.489 e. The highest BCUT2D eigenvalue weighted by Gasteiger charge is 2.20. The molecule has 1 unspecified atom stereocenters. The Morgan fingerprint density at radius 1 is 0.931 bits per heavy atom. The van der Waals surface area contributed by atoms with Crippen LogP contribution in [0, 0.1) is 11.8 Å². The zero-order valence-corrected chi connectivity index (χ0v) is 19.0. The van der Waals surface area contributed by atoms with Crippen molar-refractivity contribution < 1.29 is 9.13 Å². The molecule has 1 aliphatic carbocycles. The van der Waals surface area contributed by atoms with E-state index in [9.17, 15) is 4.39 Å². The molecule has 0 aliphatic heterocycles. The van der Waals surface area contributed by atoms with Gasteiger partial charge in [-0.2, -0.15) is 0 Å². The Morgan fingerprint density at radius 2 is 1.62 bits per heavy atom. The van der Waals surface area contributed by atoms with Crippen LogP contribution in [-0.4, -0.2) is 17.8 Å². The molecule has 1 aromatic heterocycles. The predicted octanol–water partition coefficient (Wildman–Crippen LogP) is 8.09. The van der Waals surface area contributed by atoms with E-state index in [1.54, 1.807) is 6.20 Å². The predicted molar refractivity (Wildman–Crippen MR) is 121 cm³/mol. The van der Waals surface area contributed by atoms with Crippen molar-refractivity contribution in [3.63, 3.8) is 0 Å². The quantitative estimate of drug-likeness (QED) is 0.275. The smallest absolute Gasteiger partial charge is 0.137 e. The standard InChI is InChI=1S/C26H44FNO/c1-3-5-7-9-11-24(27)21-29-26-19-18-25(28-20-26)17-16-23-14-12-22(13-15-23)10-8-6-4-2/h18-20,22-24H,3-17,21H2,1-2H3. The lowest BCUT2D eigenvalue weighted by Gasteiger charge is -2.28. The Labute approximate surface area is 179 Å². The Bertz CT molecular complexity index is 510. The van der Waals surface area contributed by atoms with Crippen LogP contribution >= 0.6 is 0 Å². The van der Waals surface area contributed by atoms with E-state index < -0.39 is 6.17 Å². The van der Waals surface area contributed by atoms with E-state index in [-0.39, 0.29) is 6.61 Å². The topological polar surface area (TPSA) is 22.1 Å². The molecule has 1 heterocycles. The first-order valence-corrected chi connectivity index (χ1v) is 12.4. The Hall–Kier alpha value is -1.12. The van der Waals surface area contributed by atoms with Gasteiger partial charge in [0.25, 0.3) is 0 Å². The molecular formula is C26H44FNO. The second-order valence-electron chi connectivity index (χ2n) is 9.16. The third-order valence-electron chi connectivity index (χ3n) is 6.59. The van der Waals surface area contributed by atoms with E-state index >= 15 is 0 Å². The number of halogens is 1. The van der Waals surface area contributed by atoms with Gasteiger partial charge in [0.2, 0.25) is 0 Å². The van der Waals surface area contributed by atoms with E-state index in [0.29, 0.717) is 12.2 Å². The molecule has 0 N–H and O–H groups in total. The second kappa shape index (κ2) is 14.8. The normalized spacial score (nSPS) is 20.5. The maximum atomic E-state index is 13.9. The first-order chi connectivity index (χ1) is 14.2. The van der Waals surface area contributed by atoms with Gasteiger partial charge in [0.05, 0.1) is 6.20 Å². The average molecular weight is 406 g/mol. The van der Waals surface area contributed by atoms with Gasteiger partial charge in [0.1, 0.15) is 18.5 Å². The number of ether oxygens (including phenoxy) is 1. The lowest BCUT2D eigenvalue weighted by molar-refractivity contribution is 0.183. The minimum atomic E-state index is -0.872. The Balaban J connectivity index is 1.58. The third-order valence-corrected chi connectivity index (χ3v) is 6.59. The first-order valence-electron chi connectivity index (χ1n) is 12.4. The summed E-state index contributed by atoms with van der Waals surface area (Å²) in [7, 11) is 0. The van der Waals surface area contributed by atoms with E-state index in [4.69, 9.17) is 4.74 Å². The molecule has 29 heavy (non-hydrogen) atoms. The van der Waals surface area contributed by atoms with Crippen LogP contribution in [0.3, 0.4) is 0 Å². The van der Waals surface area contributed by atoms with E-state index in [0.717, 1.165) is 36.8 Å². The van der Waals surface area contributed by atoms with Crippen molar-refractivity contribution in [2.24, 2.45) is 11.8 Å². The molecule has 1 fully saturated rings. The molecule has 2 nitrogen and oxygen atoms in total. The van der Waals surface area contributed by atoms with Crippen LogP contribution in [-0.2, 0) is 6.42 Å². The third kappa shape index (κ3) is 10.5. The van der Waals surface area contributed by atoms with Crippen LogP contribution in [0.25, 0.3) is 0 Å². The molecule has 1 atom stereocenters. The summed E-state index contributed by atoms with van der Waals surface area (Å²) >= 11 is 0. The zero-order chi connectivity index (χ0) is 20.7. The maximum Gasteiger partial charge on any atom is 0.137 e. The molecule has 3 heteroatoms. The molecule has 0 saturated heterocycles. The van der Waals surface area contributed by atoms with Crippen LogP contribution in [0.5, 0.6) is 5.75 Å². The molecule has 0 spiro atoms. The van der Waals surface area contributed by atoms with Crippen molar-refractivity contribution in [2.75, 3.05) is 6.61 Å². The number of aromatic nitrogens is 1. The van der Waals surface area contributed by atoms with Gasteiger partial charge in [-0.25, -0.2) is 4.39 Å². The second-order valence-corrected chi connectivity index (χ2v) is 9.16. The molecule has 1 aromatic rings. The Kier molecular flexibility index (Phi) is 12.3. The van der Waals surface area contributed by atoms with E-state index in [1.165, 1.54) is 70.6 Å². The monoisotopic (exact) mass is 405 g/mol. The molecule has 0 aromatic carbocycles. The summed E-state index contributed by atoms with van der Waals surface area (Å²) in [6.45, 7) is 4.61. The fourth-order valence-corrected chi connectivity index (χ4v) is 4.55. The summed E-state index contributed by atoms with van der Waals surface area (Å²) in [5.41, 5.74) is 1.14. The molecule has 1 saturated carbocycles.